The van der Waals surface area contributed by atoms with Gasteiger partial charge in [0.25, 0.3) is 0 Å². The molecule has 0 aliphatic carbocycles. The smallest absolute Gasteiger partial charge is 0.243 e. The number of piperidine rings is 1. The van der Waals surface area contributed by atoms with Gasteiger partial charge in [-0.2, -0.15) is 4.31 Å². The molecule has 0 radical (unpaired) electrons. The van der Waals surface area contributed by atoms with Gasteiger partial charge in [0.15, 0.2) is 11.5 Å². The number of carbonyl (C=O) groups is 1. The SMILES string of the molecule is O=C(NCc1ccc2c(c1)OCO2)C1CSC2(CCN(S(=O)(=O)c3ccc(F)cc3)CC2)N1. The molecule has 3 heterocycles. The molecule has 2 aromatic rings. The Labute approximate surface area is 195 Å². The predicted octanol–water partition coefficient (Wildman–Crippen LogP) is 2.06. The molecule has 5 rings (SSSR count). The summed E-state index contributed by atoms with van der Waals surface area (Å²) < 4.78 is 51.0. The van der Waals surface area contributed by atoms with Crippen molar-refractivity contribution >= 4 is 27.7 Å². The molecule has 3 aliphatic rings. The maximum Gasteiger partial charge on any atom is 0.243 e. The molecule has 3 aliphatic heterocycles. The van der Waals surface area contributed by atoms with Crippen LogP contribution in [-0.2, 0) is 21.4 Å². The van der Waals surface area contributed by atoms with Gasteiger partial charge in [-0.15, -0.1) is 11.8 Å². The summed E-state index contributed by atoms with van der Waals surface area (Å²) in [5, 5.41) is 6.40. The van der Waals surface area contributed by atoms with Crippen molar-refractivity contribution in [3.8, 4) is 11.5 Å². The third kappa shape index (κ3) is 4.54. The molecule has 1 unspecified atom stereocenters. The molecule has 0 aromatic heterocycles. The van der Waals surface area contributed by atoms with Crippen LogP contribution in [0.15, 0.2) is 47.4 Å². The summed E-state index contributed by atoms with van der Waals surface area (Å²) >= 11 is 1.67. The fourth-order valence-electron chi connectivity index (χ4n) is 4.28. The standard InChI is InChI=1S/C22H24FN3O5S2/c23-16-2-4-17(5-3-16)33(28,29)26-9-7-22(8-10-26)25-18(13-32-22)21(27)24-12-15-1-6-19-20(11-15)31-14-30-19/h1-6,11,18,25H,7-10,12-14H2,(H,24,27). The summed E-state index contributed by atoms with van der Waals surface area (Å²) in [6.07, 6.45) is 1.17. The van der Waals surface area contributed by atoms with E-state index in [1.54, 1.807) is 11.8 Å². The number of nitrogens with one attached hydrogen (secondary N) is 2. The van der Waals surface area contributed by atoms with Gasteiger partial charge < -0.3 is 14.8 Å². The Morgan fingerprint density at radius 1 is 1.15 bits per heavy atom. The highest BCUT2D eigenvalue weighted by atomic mass is 32.2. The van der Waals surface area contributed by atoms with Gasteiger partial charge in [0.2, 0.25) is 22.7 Å². The van der Waals surface area contributed by atoms with Gasteiger partial charge in [-0.1, -0.05) is 6.07 Å². The Bertz CT molecular complexity index is 1150. The van der Waals surface area contributed by atoms with Crippen molar-refractivity contribution in [1.82, 2.24) is 14.9 Å². The molecule has 0 saturated carbocycles. The zero-order chi connectivity index (χ0) is 23.1. The third-order valence-electron chi connectivity index (χ3n) is 6.17. The normalized spacial score (nSPS) is 21.9. The molecule has 176 valence electrons. The van der Waals surface area contributed by atoms with E-state index >= 15 is 0 Å². The molecule has 0 bridgehead atoms. The van der Waals surface area contributed by atoms with Crippen LogP contribution in [0.2, 0.25) is 0 Å². The molecule has 1 amide bonds. The Morgan fingerprint density at radius 3 is 2.64 bits per heavy atom. The van der Waals surface area contributed by atoms with Crippen LogP contribution < -0.4 is 20.1 Å². The number of carbonyl (C=O) groups excluding carboxylic acids is 1. The average Bonchev–Trinajstić information content (AvgIpc) is 3.45. The van der Waals surface area contributed by atoms with E-state index < -0.39 is 15.8 Å². The van der Waals surface area contributed by atoms with E-state index in [9.17, 15) is 17.6 Å². The first kappa shape index (κ1) is 22.5. The molecule has 11 heteroatoms. The third-order valence-corrected chi connectivity index (χ3v) is 9.66. The Morgan fingerprint density at radius 2 is 1.88 bits per heavy atom. The lowest BCUT2D eigenvalue weighted by molar-refractivity contribution is -0.122. The van der Waals surface area contributed by atoms with Crippen molar-refractivity contribution in [3.63, 3.8) is 0 Å². The molecule has 33 heavy (non-hydrogen) atoms. The summed E-state index contributed by atoms with van der Waals surface area (Å²) in [6, 6.07) is 10.1. The minimum atomic E-state index is -3.67. The highest BCUT2D eigenvalue weighted by Crippen LogP contribution is 2.40. The summed E-state index contributed by atoms with van der Waals surface area (Å²) in [7, 11) is -3.67. The number of nitrogens with zero attached hydrogens (tertiary/aromatic N) is 1. The minimum absolute atomic E-state index is 0.0848. The van der Waals surface area contributed by atoms with E-state index in [1.807, 2.05) is 18.2 Å². The number of sulfonamides is 1. The fourth-order valence-corrected chi connectivity index (χ4v) is 7.14. The first-order chi connectivity index (χ1) is 15.8. The molecule has 1 atom stereocenters. The number of halogens is 1. The number of amides is 1. The first-order valence-electron chi connectivity index (χ1n) is 10.7. The van der Waals surface area contributed by atoms with E-state index in [2.05, 4.69) is 10.6 Å². The molecular weight excluding hydrogens is 469 g/mol. The van der Waals surface area contributed by atoms with Gasteiger partial charge in [-0.25, -0.2) is 12.8 Å². The summed E-state index contributed by atoms with van der Waals surface area (Å²) in [4.78, 5) is 12.5. The van der Waals surface area contributed by atoms with Crippen LogP contribution in [0.5, 0.6) is 11.5 Å². The van der Waals surface area contributed by atoms with Crippen LogP contribution >= 0.6 is 11.8 Å². The number of hydrogen-bond acceptors (Lipinski definition) is 7. The largest absolute Gasteiger partial charge is 0.454 e. The van der Waals surface area contributed by atoms with Crippen LogP contribution in [0.25, 0.3) is 0 Å². The first-order valence-corrected chi connectivity index (χ1v) is 13.1. The van der Waals surface area contributed by atoms with Gasteiger partial charge in [-0.05, 0) is 54.8 Å². The number of hydrogen-bond donors (Lipinski definition) is 2. The van der Waals surface area contributed by atoms with Gasteiger partial charge in [0.1, 0.15) is 5.82 Å². The number of rotatable bonds is 5. The number of benzene rings is 2. The van der Waals surface area contributed by atoms with Gasteiger partial charge >= 0.3 is 0 Å². The highest BCUT2D eigenvalue weighted by Gasteiger charge is 2.45. The molecule has 2 N–H and O–H groups in total. The van der Waals surface area contributed by atoms with E-state index in [0.717, 1.165) is 17.7 Å². The van der Waals surface area contributed by atoms with Gasteiger partial charge in [0.05, 0.1) is 15.8 Å². The molecule has 1 spiro atoms. The second kappa shape index (κ2) is 8.79. The van der Waals surface area contributed by atoms with Crippen molar-refractivity contribution in [1.29, 1.82) is 0 Å². The quantitative estimate of drug-likeness (QED) is 0.658. The topological polar surface area (TPSA) is 97.0 Å². The van der Waals surface area contributed by atoms with Crippen molar-refractivity contribution in [3.05, 3.63) is 53.8 Å². The second-order valence-electron chi connectivity index (χ2n) is 8.27. The summed E-state index contributed by atoms with van der Waals surface area (Å²) in [5.41, 5.74) is 0.923. The van der Waals surface area contributed by atoms with E-state index in [0.29, 0.717) is 49.7 Å². The van der Waals surface area contributed by atoms with Crippen molar-refractivity contribution in [2.45, 2.75) is 35.2 Å². The zero-order valence-electron chi connectivity index (χ0n) is 17.8. The van der Waals surface area contributed by atoms with E-state index in [-0.39, 0.29) is 28.5 Å². The number of thioether (sulfide) groups is 1. The van der Waals surface area contributed by atoms with Crippen LogP contribution in [0, 0.1) is 5.82 Å². The zero-order valence-corrected chi connectivity index (χ0v) is 19.4. The number of ether oxygens (including phenoxy) is 2. The van der Waals surface area contributed by atoms with Crippen LogP contribution in [0.1, 0.15) is 18.4 Å². The van der Waals surface area contributed by atoms with Gasteiger partial charge in [0, 0.05) is 25.4 Å². The average molecular weight is 494 g/mol. The molecule has 2 fully saturated rings. The monoisotopic (exact) mass is 493 g/mol. The highest BCUT2D eigenvalue weighted by molar-refractivity contribution is 8.01. The Balaban J connectivity index is 1.15. The van der Waals surface area contributed by atoms with Crippen molar-refractivity contribution in [2.75, 3.05) is 25.6 Å². The Hall–Kier alpha value is -2.34. The number of fused-ring (bicyclic) bond motifs is 1. The predicted molar refractivity (Wildman–Crippen MR) is 121 cm³/mol. The molecule has 2 aromatic carbocycles. The van der Waals surface area contributed by atoms with E-state index in [1.165, 1.54) is 16.4 Å². The lowest BCUT2D eigenvalue weighted by Crippen LogP contribution is -2.54. The lowest BCUT2D eigenvalue weighted by atomic mass is 10.0. The maximum absolute atomic E-state index is 13.2. The van der Waals surface area contributed by atoms with Gasteiger partial charge in [-0.3, -0.25) is 10.1 Å². The maximum atomic E-state index is 13.2. The second-order valence-corrected chi connectivity index (χ2v) is 11.6. The molecular formula is C22H24FN3O5S2. The fraction of sp³-hybridized carbons (Fsp3) is 0.409. The van der Waals surface area contributed by atoms with Crippen LogP contribution in [0.3, 0.4) is 0 Å². The molecule has 8 nitrogen and oxygen atoms in total. The van der Waals surface area contributed by atoms with Crippen LogP contribution in [0.4, 0.5) is 4.39 Å². The van der Waals surface area contributed by atoms with Crippen LogP contribution in [-0.4, -0.2) is 55.2 Å². The molecule has 2 saturated heterocycles. The lowest BCUT2D eigenvalue weighted by Gasteiger charge is -2.38. The minimum Gasteiger partial charge on any atom is -0.454 e. The van der Waals surface area contributed by atoms with E-state index in [4.69, 9.17) is 9.47 Å². The summed E-state index contributed by atoms with van der Waals surface area (Å²) in [5.74, 6) is 1.45. The van der Waals surface area contributed by atoms with Crippen molar-refractivity contribution < 1.29 is 27.1 Å². The summed E-state index contributed by atoms with van der Waals surface area (Å²) in [6.45, 7) is 1.27. The van der Waals surface area contributed by atoms with Crippen molar-refractivity contribution in [2.24, 2.45) is 0 Å². The Kier molecular flexibility index (Phi) is 5.98.